The number of nitrogen functional groups attached to an aromatic ring is 1. The molecule has 1 heterocycles. The molecule has 2 aromatic carbocycles. The molecule has 1 aromatic heterocycles. The highest BCUT2D eigenvalue weighted by molar-refractivity contribution is 5.80. The Morgan fingerprint density at radius 3 is 2.89 bits per heavy atom. The first-order chi connectivity index (χ1) is 9.11. The highest BCUT2D eigenvalue weighted by Gasteiger charge is 2.09. The van der Waals surface area contributed by atoms with E-state index >= 15 is 0 Å². The van der Waals surface area contributed by atoms with E-state index in [0.29, 0.717) is 28.3 Å². The molecular formula is C13H9FN2O3. The molecule has 0 bridgehead atoms. The molecule has 19 heavy (non-hydrogen) atoms. The minimum Gasteiger partial charge on any atom is -0.455 e. The number of halogens is 1. The van der Waals surface area contributed by atoms with Gasteiger partial charge >= 0.3 is 5.76 Å². The number of nitrogens with two attached hydrogens (primary N) is 1. The smallest absolute Gasteiger partial charge is 0.417 e. The third-order valence-electron chi connectivity index (χ3n) is 2.58. The molecule has 0 aliphatic carbocycles. The average molecular weight is 260 g/mol. The Balaban J connectivity index is 2.04. The molecule has 96 valence electrons. The molecule has 0 spiro atoms. The van der Waals surface area contributed by atoms with Gasteiger partial charge in [0, 0.05) is 18.2 Å². The SMILES string of the molecule is Nc1cc2oc(=O)[nH]c2cc1Oc1cccc(F)c1. The van der Waals surface area contributed by atoms with Crippen molar-refractivity contribution in [2.24, 2.45) is 0 Å². The maximum atomic E-state index is 13.1. The number of anilines is 1. The van der Waals surface area contributed by atoms with Crippen LogP contribution in [0.1, 0.15) is 0 Å². The Morgan fingerprint density at radius 1 is 1.26 bits per heavy atom. The van der Waals surface area contributed by atoms with Gasteiger partial charge in [0.15, 0.2) is 11.3 Å². The lowest BCUT2D eigenvalue weighted by Crippen LogP contribution is -1.93. The second-order valence-corrected chi connectivity index (χ2v) is 3.96. The van der Waals surface area contributed by atoms with Crippen molar-refractivity contribution in [3.63, 3.8) is 0 Å². The monoisotopic (exact) mass is 260 g/mol. The van der Waals surface area contributed by atoms with Crippen LogP contribution >= 0.6 is 0 Å². The van der Waals surface area contributed by atoms with Crippen molar-refractivity contribution < 1.29 is 13.5 Å². The van der Waals surface area contributed by atoms with Gasteiger partial charge in [0.2, 0.25) is 0 Å². The largest absolute Gasteiger partial charge is 0.455 e. The summed E-state index contributed by atoms with van der Waals surface area (Å²) in [5.74, 6) is -0.349. The summed E-state index contributed by atoms with van der Waals surface area (Å²) >= 11 is 0. The summed E-state index contributed by atoms with van der Waals surface area (Å²) in [5, 5.41) is 0. The van der Waals surface area contributed by atoms with E-state index in [1.165, 1.54) is 30.3 Å². The Bertz CT molecular complexity index is 807. The molecule has 5 nitrogen and oxygen atoms in total. The number of fused-ring (bicyclic) bond motifs is 1. The van der Waals surface area contributed by atoms with E-state index in [1.54, 1.807) is 6.07 Å². The predicted octanol–water partition coefficient (Wildman–Crippen LogP) is 2.63. The third kappa shape index (κ3) is 2.15. The van der Waals surface area contributed by atoms with E-state index in [1.807, 2.05) is 0 Å². The van der Waals surface area contributed by atoms with E-state index in [4.69, 9.17) is 14.9 Å². The fourth-order valence-corrected chi connectivity index (χ4v) is 1.74. The number of ether oxygens (including phenoxy) is 1. The van der Waals surface area contributed by atoms with Crippen LogP contribution < -0.4 is 16.2 Å². The van der Waals surface area contributed by atoms with Gasteiger partial charge < -0.3 is 14.9 Å². The molecular weight excluding hydrogens is 251 g/mol. The van der Waals surface area contributed by atoms with E-state index in [2.05, 4.69) is 4.98 Å². The van der Waals surface area contributed by atoms with Crippen molar-refractivity contribution in [2.45, 2.75) is 0 Å². The van der Waals surface area contributed by atoms with Gasteiger partial charge in [-0.15, -0.1) is 0 Å². The molecule has 3 rings (SSSR count). The molecule has 0 saturated carbocycles. The molecule has 0 aliphatic rings. The summed E-state index contributed by atoms with van der Waals surface area (Å²) in [6.45, 7) is 0. The Kier molecular flexibility index (Phi) is 2.49. The van der Waals surface area contributed by atoms with Crippen molar-refractivity contribution >= 4 is 16.8 Å². The molecule has 3 aromatic rings. The van der Waals surface area contributed by atoms with Crippen LogP contribution in [0.25, 0.3) is 11.1 Å². The zero-order valence-electron chi connectivity index (χ0n) is 9.64. The van der Waals surface area contributed by atoms with Crippen LogP contribution in [0.5, 0.6) is 11.5 Å². The molecule has 0 saturated heterocycles. The van der Waals surface area contributed by atoms with Gasteiger partial charge in [-0.25, -0.2) is 9.18 Å². The number of aromatic nitrogens is 1. The molecule has 6 heteroatoms. The van der Waals surface area contributed by atoms with Gasteiger partial charge in [-0.2, -0.15) is 0 Å². The summed E-state index contributed by atoms with van der Waals surface area (Å²) in [6, 6.07) is 8.68. The molecule has 0 radical (unpaired) electrons. The van der Waals surface area contributed by atoms with Gasteiger partial charge in [-0.05, 0) is 12.1 Å². The molecule has 0 fully saturated rings. The number of aromatic amines is 1. The van der Waals surface area contributed by atoms with Crippen LogP contribution in [0.2, 0.25) is 0 Å². The van der Waals surface area contributed by atoms with Gasteiger partial charge in [-0.1, -0.05) is 6.07 Å². The Hall–Kier alpha value is -2.76. The minimum atomic E-state index is -0.572. The number of nitrogens with one attached hydrogen (secondary N) is 1. The van der Waals surface area contributed by atoms with Crippen LogP contribution in [0.4, 0.5) is 10.1 Å². The van der Waals surface area contributed by atoms with E-state index in [0.717, 1.165) is 0 Å². The highest BCUT2D eigenvalue weighted by atomic mass is 19.1. The summed E-state index contributed by atoms with van der Waals surface area (Å²) in [4.78, 5) is 13.6. The maximum Gasteiger partial charge on any atom is 0.417 e. The predicted molar refractivity (Wildman–Crippen MR) is 67.7 cm³/mol. The topological polar surface area (TPSA) is 81.2 Å². The molecule has 3 N–H and O–H groups in total. The van der Waals surface area contributed by atoms with Crippen molar-refractivity contribution in [3.8, 4) is 11.5 Å². The summed E-state index contributed by atoms with van der Waals surface area (Å²) < 4.78 is 23.4. The minimum absolute atomic E-state index is 0.291. The Morgan fingerprint density at radius 2 is 2.11 bits per heavy atom. The normalized spacial score (nSPS) is 10.8. The van der Waals surface area contributed by atoms with Crippen LogP contribution in [0.15, 0.2) is 45.6 Å². The zero-order chi connectivity index (χ0) is 13.4. The second kappa shape index (κ2) is 4.16. The van der Waals surface area contributed by atoms with Gasteiger partial charge in [0.1, 0.15) is 11.6 Å². The van der Waals surface area contributed by atoms with Crippen LogP contribution in [0, 0.1) is 5.82 Å². The van der Waals surface area contributed by atoms with Gasteiger partial charge in [0.25, 0.3) is 0 Å². The molecule has 0 aliphatic heterocycles. The van der Waals surface area contributed by atoms with E-state index in [9.17, 15) is 9.18 Å². The first kappa shape index (κ1) is 11.3. The quantitative estimate of drug-likeness (QED) is 0.694. The number of hydrogen-bond donors (Lipinski definition) is 2. The van der Waals surface area contributed by atoms with Gasteiger partial charge in [0.05, 0.1) is 11.2 Å². The van der Waals surface area contributed by atoms with Crippen molar-refractivity contribution in [1.82, 2.24) is 4.98 Å². The summed E-state index contributed by atoms with van der Waals surface area (Å²) in [7, 11) is 0. The van der Waals surface area contributed by atoms with E-state index < -0.39 is 11.6 Å². The van der Waals surface area contributed by atoms with Crippen LogP contribution in [0.3, 0.4) is 0 Å². The fraction of sp³-hybridized carbons (Fsp3) is 0. The fourth-order valence-electron chi connectivity index (χ4n) is 1.74. The lowest BCUT2D eigenvalue weighted by molar-refractivity contribution is 0.479. The van der Waals surface area contributed by atoms with Crippen molar-refractivity contribution in [1.29, 1.82) is 0 Å². The van der Waals surface area contributed by atoms with Gasteiger partial charge in [-0.3, -0.25) is 4.98 Å². The second-order valence-electron chi connectivity index (χ2n) is 3.96. The number of H-pyrrole nitrogens is 1. The zero-order valence-corrected chi connectivity index (χ0v) is 9.64. The summed E-state index contributed by atoms with van der Waals surface area (Å²) in [6.07, 6.45) is 0. The first-order valence-corrected chi connectivity index (χ1v) is 5.47. The summed E-state index contributed by atoms with van der Waals surface area (Å²) in [5.41, 5.74) is 6.88. The van der Waals surface area contributed by atoms with E-state index in [-0.39, 0.29) is 0 Å². The molecule has 0 amide bonds. The van der Waals surface area contributed by atoms with Crippen molar-refractivity contribution in [2.75, 3.05) is 5.73 Å². The standard InChI is InChI=1S/C13H9FN2O3/c14-7-2-1-3-8(4-7)18-11-6-10-12(5-9(11)15)19-13(17)16-10/h1-6H,15H2,(H,16,17). The number of hydrogen-bond acceptors (Lipinski definition) is 4. The van der Waals surface area contributed by atoms with Crippen LogP contribution in [-0.4, -0.2) is 4.98 Å². The van der Waals surface area contributed by atoms with Crippen LogP contribution in [-0.2, 0) is 0 Å². The average Bonchev–Trinajstić information content (AvgIpc) is 2.69. The first-order valence-electron chi connectivity index (χ1n) is 5.47. The maximum absolute atomic E-state index is 13.1. The number of rotatable bonds is 2. The van der Waals surface area contributed by atoms with Crippen molar-refractivity contribution in [3.05, 3.63) is 52.8 Å². The third-order valence-corrected chi connectivity index (χ3v) is 2.58. The molecule has 0 unspecified atom stereocenters. The highest BCUT2D eigenvalue weighted by Crippen LogP contribution is 2.31. The lowest BCUT2D eigenvalue weighted by Gasteiger charge is -2.08. The molecule has 0 atom stereocenters. The lowest BCUT2D eigenvalue weighted by atomic mass is 10.2. The Labute approximate surface area is 106 Å². The number of benzene rings is 2. The number of oxazole rings is 1.